The zero-order valence-electron chi connectivity index (χ0n) is 9.17. The van der Waals surface area contributed by atoms with Crippen LogP contribution in [0.2, 0.25) is 0 Å². The highest BCUT2D eigenvalue weighted by molar-refractivity contribution is 7.80. The van der Waals surface area contributed by atoms with Crippen LogP contribution >= 0.6 is 12.2 Å². The molecule has 82 valence electrons. The number of hydrogen-bond acceptors (Lipinski definition) is 2. The van der Waals surface area contributed by atoms with Crippen molar-refractivity contribution in [2.45, 2.75) is 33.6 Å². The predicted molar refractivity (Wildman–Crippen MR) is 63.0 cm³/mol. The molecule has 0 radical (unpaired) electrons. The molecular formula is C10H20N2OS. The number of carbonyl (C=O) groups is 1. The van der Waals surface area contributed by atoms with Gasteiger partial charge in [-0.1, -0.05) is 33.0 Å². The van der Waals surface area contributed by atoms with Crippen LogP contribution in [0, 0.1) is 11.8 Å². The minimum Gasteiger partial charge on any atom is -0.393 e. The summed E-state index contributed by atoms with van der Waals surface area (Å²) in [5.41, 5.74) is 5.36. The van der Waals surface area contributed by atoms with E-state index >= 15 is 0 Å². The Hall–Kier alpha value is -0.640. The van der Waals surface area contributed by atoms with Crippen LogP contribution < -0.4 is 11.1 Å². The second-order valence-corrected chi connectivity index (χ2v) is 4.57. The van der Waals surface area contributed by atoms with Crippen molar-refractivity contribution in [3.05, 3.63) is 0 Å². The Labute approximate surface area is 91.4 Å². The molecule has 0 aromatic rings. The second kappa shape index (κ2) is 6.76. The number of rotatable bonds is 6. The summed E-state index contributed by atoms with van der Waals surface area (Å²) in [6, 6.07) is 0. The van der Waals surface area contributed by atoms with Crippen molar-refractivity contribution in [1.29, 1.82) is 0 Å². The van der Waals surface area contributed by atoms with E-state index < -0.39 is 0 Å². The first-order valence-electron chi connectivity index (χ1n) is 4.99. The molecule has 0 bridgehead atoms. The van der Waals surface area contributed by atoms with E-state index in [1.54, 1.807) is 0 Å². The van der Waals surface area contributed by atoms with E-state index in [2.05, 4.69) is 19.2 Å². The molecule has 3 N–H and O–H groups in total. The Bertz CT molecular complexity index is 204. The minimum atomic E-state index is -0.111. The third-order valence-electron chi connectivity index (χ3n) is 1.98. The quantitative estimate of drug-likeness (QED) is 0.661. The van der Waals surface area contributed by atoms with Gasteiger partial charge in [0.25, 0.3) is 0 Å². The SMILES string of the molecule is CC(C)CCNC(=O)C(C)CC(N)=S. The maximum atomic E-state index is 11.4. The van der Waals surface area contributed by atoms with Crippen molar-refractivity contribution in [1.82, 2.24) is 5.32 Å². The topological polar surface area (TPSA) is 55.1 Å². The molecule has 0 aliphatic carbocycles. The van der Waals surface area contributed by atoms with Gasteiger partial charge in [0.15, 0.2) is 0 Å². The number of thiocarbonyl (C=S) groups is 1. The molecule has 0 rings (SSSR count). The van der Waals surface area contributed by atoms with Gasteiger partial charge in [0, 0.05) is 18.9 Å². The van der Waals surface area contributed by atoms with Crippen molar-refractivity contribution >= 4 is 23.1 Å². The monoisotopic (exact) mass is 216 g/mol. The summed E-state index contributed by atoms with van der Waals surface area (Å²) in [5.74, 6) is 0.541. The number of nitrogens with one attached hydrogen (secondary N) is 1. The van der Waals surface area contributed by atoms with Gasteiger partial charge in [-0.3, -0.25) is 4.79 Å². The summed E-state index contributed by atoms with van der Waals surface area (Å²) in [4.78, 5) is 11.8. The number of hydrogen-bond donors (Lipinski definition) is 2. The zero-order chi connectivity index (χ0) is 11.1. The predicted octanol–water partition coefficient (Wildman–Crippen LogP) is 1.46. The van der Waals surface area contributed by atoms with Gasteiger partial charge < -0.3 is 11.1 Å². The van der Waals surface area contributed by atoms with Crippen molar-refractivity contribution < 1.29 is 4.79 Å². The van der Waals surface area contributed by atoms with Crippen molar-refractivity contribution in [2.75, 3.05) is 6.54 Å². The van der Waals surface area contributed by atoms with Gasteiger partial charge in [0.1, 0.15) is 0 Å². The summed E-state index contributed by atoms with van der Waals surface area (Å²) in [5, 5.41) is 2.86. The summed E-state index contributed by atoms with van der Waals surface area (Å²) >= 11 is 4.74. The fourth-order valence-corrected chi connectivity index (χ4v) is 1.30. The molecule has 0 aromatic heterocycles. The maximum absolute atomic E-state index is 11.4. The highest BCUT2D eigenvalue weighted by Crippen LogP contribution is 2.02. The molecule has 0 saturated heterocycles. The number of carbonyl (C=O) groups excluding carboxylic acids is 1. The molecule has 0 saturated carbocycles. The fourth-order valence-electron chi connectivity index (χ4n) is 1.05. The molecule has 0 heterocycles. The van der Waals surface area contributed by atoms with Gasteiger partial charge in [-0.15, -0.1) is 0 Å². The third kappa shape index (κ3) is 6.83. The van der Waals surface area contributed by atoms with Gasteiger partial charge in [-0.2, -0.15) is 0 Å². The molecule has 0 aliphatic rings. The first-order chi connectivity index (χ1) is 6.43. The molecule has 0 aromatic carbocycles. The Morgan fingerprint density at radius 1 is 1.43 bits per heavy atom. The summed E-state index contributed by atoms with van der Waals surface area (Å²) in [6.07, 6.45) is 1.49. The molecule has 1 unspecified atom stereocenters. The first-order valence-corrected chi connectivity index (χ1v) is 5.40. The van der Waals surface area contributed by atoms with Crippen LogP contribution in [0.5, 0.6) is 0 Å². The molecule has 4 heteroatoms. The lowest BCUT2D eigenvalue weighted by molar-refractivity contribution is -0.124. The Morgan fingerprint density at radius 3 is 2.43 bits per heavy atom. The summed E-state index contributed by atoms with van der Waals surface area (Å²) < 4.78 is 0. The van der Waals surface area contributed by atoms with Gasteiger partial charge >= 0.3 is 0 Å². The van der Waals surface area contributed by atoms with Crippen molar-refractivity contribution in [3.63, 3.8) is 0 Å². The number of nitrogens with two attached hydrogens (primary N) is 1. The Kier molecular flexibility index (Phi) is 6.45. The lowest BCUT2D eigenvalue weighted by atomic mass is 10.1. The van der Waals surface area contributed by atoms with Gasteiger partial charge in [-0.25, -0.2) is 0 Å². The molecule has 3 nitrogen and oxygen atoms in total. The zero-order valence-corrected chi connectivity index (χ0v) is 9.99. The molecule has 1 atom stereocenters. The minimum absolute atomic E-state index is 0.0402. The third-order valence-corrected chi connectivity index (χ3v) is 2.14. The van der Waals surface area contributed by atoms with Gasteiger partial charge in [0.05, 0.1) is 4.99 Å². The summed E-state index contributed by atoms with van der Waals surface area (Å²) in [6.45, 7) is 6.83. The van der Waals surface area contributed by atoms with Crippen LogP contribution in [0.1, 0.15) is 33.6 Å². The lowest BCUT2D eigenvalue weighted by Crippen LogP contribution is -2.32. The Morgan fingerprint density at radius 2 is 2.00 bits per heavy atom. The van der Waals surface area contributed by atoms with Gasteiger partial charge in [-0.05, 0) is 12.3 Å². The first kappa shape index (κ1) is 13.4. The van der Waals surface area contributed by atoms with E-state index in [4.69, 9.17) is 18.0 Å². The molecule has 0 spiro atoms. The van der Waals surface area contributed by atoms with Crippen LogP contribution in [0.25, 0.3) is 0 Å². The van der Waals surface area contributed by atoms with E-state index in [-0.39, 0.29) is 11.8 Å². The lowest BCUT2D eigenvalue weighted by Gasteiger charge is -2.12. The average molecular weight is 216 g/mol. The number of amides is 1. The van der Waals surface area contributed by atoms with E-state index in [9.17, 15) is 4.79 Å². The molecule has 14 heavy (non-hydrogen) atoms. The maximum Gasteiger partial charge on any atom is 0.223 e. The second-order valence-electron chi connectivity index (χ2n) is 4.05. The fraction of sp³-hybridized carbons (Fsp3) is 0.800. The largest absolute Gasteiger partial charge is 0.393 e. The highest BCUT2D eigenvalue weighted by atomic mass is 32.1. The Balaban J connectivity index is 3.67. The van der Waals surface area contributed by atoms with Gasteiger partial charge in [0.2, 0.25) is 5.91 Å². The molecule has 0 aliphatic heterocycles. The highest BCUT2D eigenvalue weighted by Gasteiger charge is 2.12. The van der Waals surface area contributed by atoms with Crippen LogP contribution in [0.15, 0.2) is 0 Å². The van der Waals surface area contributed by atoms with E-state index in [1.807, 2.05) is 6.92 Å². The standard InChI is InChI=1S/C10H20N2OS/c1-7(2)4-5-12-10(13)8(3)6-9(11)14/h7-8H,4-6H2,1-3H3,(H2,11,14)(H,12,13). The summed E-state index contributed by atoms with van der Waals surface area (Å²) in [7, 11) is 0. The molecular weight excluding hydrogens is 196 g/mol. The van der Waals surface area contributed by atoms with Crippen LogP contribution in [0.4, 0.5) is 0 Å². The van der Waals surface area contributed by atoms with Crippen molar-refractivity contribution in [3.8, 4) is 0 Å². The molecule has 0 fully saturated rings. The van der Waals surface area contributed by atoms with Crippen LogP contribution in [-0.4, -0.2) is 17.4 Å². The molecule has 1 amide bonds. The van der Waals surface area contributed by atoms with E-state index in [1.165, 1.54) is 0 Å². The van der Waals surface area contributed by atoms with Crippen molar-refractivity contribution in [2.24, 2.45) is 17.6 Å². The normalized spacial score (nSPS) is 12.6. The average Bonchev–Trinajstić information content (AvgIpc) is 2.01. The van der Waals surface area contributed by atoms with Crippen LogP contribution in [-0.2, 0) is 4.79 Å². The van der Waals surface area contributed by atoms with E-state index in [0.29, 0.717) is 17.3 Å². The van der Waals surface area contributed by atoms with E-state index in [0.717, 1.165) is 13.0 Å². The van der Waals surface area contributed by atoms with Crippen LogP contribution in [0.3, 0.4) is 0 Å². The smallest absolute Gasteiger partial charge is 0.223 e.